The van der Waals surface area contributed by atoms with Crippen LogP contribution >= 0.6 is 15.9 Å². The van der Waals surface area contributed by atoms with Gasteiger partial charge in [-0.2, -0.15) is 0 Å². The Morgan fingerprint density at radius 1 is 1.35 bits per heavy atom. The quantitative estimate of drug-likeness (QED) is 0.791. The monoisotopic (exact) mass is 338 g/mol. The molecule has 1 aliphatic heterocycles. The van der Waals surface area contributed by atoms with Gasteiger partial charge in [-0.25, -0.2) is 0 Å². The van der Waals surface area contributed by atoms with Crippen molar-refractivity contribution in [3.63, 3.8) is 0 Å². The van der Waals surface area contributed by atoms with Gasteiger partial charge in [0.05, 0.1) is 0 Å². The number of rotatable bonds is 5. The second kappa shape index (κ2) is 7.46. The molecule has 1 aromatic rings. The summed E-state index contributed by atoms with van der Waals surface area (Å²) >= 11 is 3.61. The van der Waals surface area contributed by atoms with Gasteiger partial charge in [-0.3, -0.25) is 0 Å². The second-order valence-corrected chi connectivity index (χ2v) is 7.04. The predicted octanol–water partition coefficient (Wildman–Crippen LogP) is 4.57. The first kappa shape index (κ1) is 15.8. The first-order chi connectivity index (χ1) is 9.61. The predicted molar refractivity (Wildman–Crippen MR) is 91.3 cm³/mol. The highest BCUT2D eigenvalue weighted by molar-refractivity contribution is 9.10. The summed E-state index contributed by atoms with van der Waals surface area (Å²) in [6.45, 7) is 10.2. The maximum absolute atomic E-state index is 3.61. The van der Waals surface area contributed by atoms with E-state index in [1.54, 1.807) is 0 Å². The molecule has 2 rings (SSSR count). The highest BCUT2D eigenvalue weighted by Gasteiger charge is 2.24. The van der Waals surface area contributed by atoms with E-state index >= 15 is 0 Å². The fraction of sp³-hybridized carbons (Fsp3) is 0.647. The lowest BCUT2D eigenvalue weighted by atomic mass is 9.92. The molecule has 2 nitrogen and oxygen atoms in total. The van der Waals surface area contributed by atoms with Crippen LogP contribution in [0.3, 0.4) is 0 Å². The van der Waals surface area contributed by atoms with Crippen LogP contribution in [-0.4, -0.2) is 19.1 Å². The molecule has 0 amide bonds. The summed E-state index contributed by atoms with van der Waals surface area (Å²) in [5.41, 5.74) is 2.82. The van der Waals surface area contributed by atoms with E-state index in [1.165, 1.54) is 41.5 Å². The van der Waals surface area contributed by atoms with E-state index in [0.717, 1.165) is 19.0 Å². The number of benzene rings is 1. The van der Waals surface area contributed by atoms with Crippen LogP contribution in [0.4, 0.5) is 5.69 Å². The highest BCUT2D eigenvalue weighted by Crippen LogP contribution is 2.31. The van der Waals surface area contributed by atoms with E-state index in [4.69, 9.17) is 0 Å². The lowest BCUT2D eigenvalue weighted by molar-refractivity contribution is 0.377. The van der Waals surface area contributed by atoms with Gasteiger partial charge < -0.3 is 10.2 Å². The van der Waals surface area contributed by atoms with Gasteiger partial charge in [-0.05, 0) is 62.4 Å². The van der Waals surface area contributed by atoms with Crippen LogP contribution in [-0.2, 0) is 6.54 Å². The molecule has 3 heteroatoms. The van der Waals surface area contributed by atoms with Crippen molar-refractivity contribution in [2.24, 2.45) is 5.92 Å². The molecule has 0 aromatic heterocycles. The van der Waals surface area contributed by atoms with Crippen molar-refractivity contribution in [1.82, 2.24) is 5.32 Å². The van der Waals surface area contributed by atoms with Gasteiger partial charge in [0.1, 0.15) is 0 Å². The molecule has 1 heterocycles. The number of halogens is 1. The average Bonchev–Trinajstić information content (AvgIpc) is 2.40. The standard InChI is InChI=1S/C17H27BrN2/c1-4-8-19-12-15-11-16(18)5-6-17(15)20-9-7-13(2)10-14(20)3/h5-6,11,13-14,19H,4,7-10,12H2,1-3H3. The Bertz CT molecular complexity index is 433. The topological polar surface area (TPSA) is 15.3 Å². The van der Waals surface area contributed by atoms with Crippen LogP contribution in [0.2, 0.25) is 0 Å². The normalized spacial score (nSPS) is 23.1. The highest BCUT2D eigenvalue weighted by atomic mass is 79.9. The van der Waals surface area contributed by atoms with Gasteiger partial charge in [0.15, 0.2) is 0 Å². The van der Waals surface area contributed by atoms with Gasteiger partial charge >= 0.3 is 0 Å². The summed E-state index contributed by atoms with van der Waals surface area (Å²) < 4.78 is 1.17. The Labute approximate surface area is 132 Å². The van der Waals surface area contributed by atoms with Crippen molar-refractivity contribution >= 4 is 21.6 Å². The Hall–Kier alpha value is -0.540. The van der Waals surface area contributed by atoms with Gasteiger partial charge in [0.2, 0.25) is 0 Å². The third-order valence-electron chi connectivity index (χ3n) is 4.23. The van der Waals surface area contributed by atoms with Crippen LogP contribution in [0.15, 0.2) is 22.7 Å². The minimum absolute atomic E-state index is 0.643. The zero-order chi connectivity index (χ0) is 14.5. The fourth-order valence-corrected chi connectivity index (χ4v) is 3.55. The molecule has 112 valence electrons. The molecule has 2 atom stereocenters. The number of anilines is 1. The summed E-state index contributed by atoms with van der Waals surface area (Å²) in [6, 6.07) is 7.36. The number of hydrogen-bond acceptors (Lipinski definition) is 2. The molecular formula is C17H27BrN2. The van der Waals surface area contributed by atoms with Gasteiger partial charge in [-0.1, -0.05) is 29.8 Å². The molecule has 0 aliphatic carbocycles. The molecule has 1 fully saturated rings. The number of nitrogens with zero attached hydrogens (tertiary/aromatic N) is 1. The molecule has 0 saturated carbocycles. The Balaban J connectivity index is 2.17. The first-order valence-electron chi connectivity index (χ1n) is 7.87. The van der Waals surface area contributed by atoms with E-state index < -0.39 is 0 Å². The molecule has 1 aliphatic rings. The largest absolute Gasteiger partial charge is 0.369 e. The van der Waals surface area contributed by atoms with Crippen molar-refractivity contribution in [3.8, 4) is 0 Å². The summed E-state index contributed by atoms with van der Waals surface area (Å²) in [6.07, 6.45) is 3.79. The maximum Gasteiger partial charge on any atom is 0.0415 e. The molecule has 0 radical (unpaired) electrons. The van der Waals surface area contributed by atoms with Crippen LogP contribution < -0.4 is 10.2 Å². The molecule has 1 saturated heterocycles. The summed E-state index contributed by atoms with van der Waals surface area (Å²) in [4.78, 5) is 2.59. The fourth-order valence-electron chi connectivity index (χ4n) is 3.14. The van der Waals surface area contributed by atoms with Gasteiger partial charge in [-0.15, -0.1) is 0 Å². The second-order valence-electron chi connectivity index (χ2n) is 6.12. The third kappa shape index (κ3) is 3.98. The van der Waals surface area contributed by atoms with Crippen molar-refractivity contribution in [2.45, 2.75) is 52.6 Å². The summed E-state index contributed by atoms with van der Waals surface area (Å²) in [7, 11) is 0. The SMILES string of the molecule is CCCNCc1cc(Br)ccc1N1CCC(C)CC1C. The summed E-state index contributed by atoms with van der Waals surface area (Å²) in [5, 5.41) is 3.53. The zero-order valence-electron chi connectivity index (χ0n) is 13.0. The van der Waals surface area contributed by atoms with Crippen molar-refractivity contribution in [3.05, 3.63) is 28.2 Å². The van der Waals surface area contributed by atoms with Crippen molar-refractivity contribution in [2.75, 3.05) is 18.0 Å². The number of hydrogen-bond donors (Lipinski definition) is 1. The van der Waals surface area contributed by atoms with Crippen molar-refractivity contribution in [1.29, 1.82) is 0 Å². The minimum atomic E-state index is 0.643. The van der Waals surface area contributed by atoms with E-state index in [0.29, 0.717) is 6.04 Å². The number of nitrogens with one attached hydrogen (secondary N) is 1. The average molecular weight is 339 g/mol. The molecule has 2 unspecified atom stereocenters. The maximum atomic E-state index is 3.61. The molecule has 0 spiro atoms. The lowest BCUT2D eigenvalue weighted by Gasteiger charge is -2.39. The molecule has 0 bridgehead atoms. The van der Waals surface area contributed by atoms with Gasteiger partial charge in [0, 0.05) is 29.3 Å². The Morgan fingerprint density at radius 2 is 2.15 bits per heavy atom. The van der Waals surface area contributed by atoms with Crippen LogP contribution in [0.5, 0.6) is 0 Å². The van der Waals surface area contributed by atoms with E-state index in [1.807, 2.05) is 0 Å². The smallest absolute Gasteiger partial charge is 0.0415 e. The first-order valence-corrected chi connectivity index (χ1v) is 8.67. The van der Waals surface area contributed by atoms with Crippen LogP contribution in [0.25, 0.3) is 0 Å². The summed E-state index contributed by atoms with van der Waals surface area (Å²) in [5.74, 6) is 0.860. The molecule has 20 heavy (non-hydrogen) atoms. The molecular weight excluding hydrogens is 312 g/mol. The number of piperidine rings is 1. The molecule has 1 N–H and O–H groups in total. The Morgan fingerprint density at radius 3 is 2.85 bits per heavy atom. The van der Waals surface area contributed by atoms with Crippen LogP contribution in [0.1, 0.15) is 45.6 Å². The Kier molecular flexibility index (Phi) is 5.91. The van der Waals surface area contributed by atoms with E-state index in [-0.39, 0.29) is 0 Å². The lowest BCUT2D eigenvalue weighted by Crippen LogP contribution is -2.41. The minimum Gasteiger partial charge on any atom is -0.369 e. The van der Waals surface area contributed by atoms with E-state index in [2.05, 4.69) is 65.1 Å². The molecule has 1 aromatic carbocycles. The van der Waals surface area contributed by atoms with Gasteiger partial charge in [0.25, 0.3) is 0 Å². The third-order valence-corrected chi connectivity index (χ3v) is 4.72. The zero-order valence-corrected chi connectivity index (χ0v) is 14.5. The van der Waals surface area contributed by atoms with E-state index in [9.17, 15) is 0 Å². The van der Waals surface area contributed by atoms with Crippen LogP contribution in [0, 0.1) is 5.92 Å². The van der Waals surface area contributed by atoms with Crippen molar-refractivity contribution < 1.29 is 0 Å².